The Morgan fingerprint density at radius 3 is 3.06 bits per heavy atom. The molecule has 1 fully saturated rings. The van der Waals surface area contributed by atoms with Crippen molar-refractivity contribution in [3.63, 3.8) is 0 Å². The quantitative estimate of drug-likeness (QED) is 0.858. The third kappa shape index (κ3) is 2.29. The van der Waals surface area contributed by atoms with Crippen molar-refractivity contribution in [3.8, 4) is 0 Å². The smallest absolute Gasteiger partial charge is 0.163 e. The van der Waals surface area contributed by atoms with Crippen LogP contribution in [-0.2, 0) is 6.42 Å². The lowest BCUT2D eigenvalue weighted by atomic mass is 9.93. The summed E-state index contributed by atoms with van der Waals surface area (Å²) in [6.45, 7) is 2.32. The molecule has 2 aromatic heterocycles. The van der Waals surface area contributed by atoms with Crippen LogP contribution in [0.2, 0.25) is 0 Å². The Labute approximate surface area is 100 Å². The topological polar surface area (TPSA) is 55.1 Å². The second-order valence-corrected chi connectivity index (χ2v) is 4.66. The molecule has 1 aliphatic heterocycles. The molecule has 17 heavy (non-hydrogen) atoms. The van der Waals surface area contributed by atoms with Gasteiger partial charge in [-0.3, -0.25) is 4.40 Å². The number of hydrogen-bond donors (Lipinski definition) is 1. The number of rotatable bonds is 3. The van der Waals surface area contributed by atoms with Gasteiger partial charge in [0.1, 0.15) is 12.2 Å². The third-order valence-electron chi connectivity index (χ3n) is 3.52. The molecule has 0 bridgehead atoms. The van der Waals surface area contributed by atoms with E-state index in [0.717, 1.165) is 36.9 Å². The summed E-state index contributed by atoms with van der Waals surface area (Å²) in [5, 5.41) is 11.8. The first-order chi connectivity index (χ1) is 8.43. The van der Waals surface area contributed by atoms with Crippen molar-refractivity contribution in [1.29, 1.82) is 0 Å². The second kappa shape index (κ2) is 4.79. The maximum absolute atomic E-state index is 4.24. The molecule has 1 N–H and O–H groups in total. The Bertz CT molecular complexity index is 486. The van der Waals surface area contributed by atoms with Crippen LogP contribution in [0.25, 0.3) is 5.65 Å². The van der Waals surface area contributed by atoms with Crippen molar-refractivity contribution in [1.82, 2.24) is 24.9 Å². The minimum Gasteiger partial charge on any atom is -0.317 e. The summed E-state index contributed by atoms with van der Waals surface area (Å²) in [4.78, 5) is 4.11. The summed E-state index contributed by atoms with van der Waals surface area (Å²) in [5.41, 5.74) is 0.889. The van der Waals surface area contributed by atoms with Crippen molar-refractivity contribution in [2.24, 2.45) is 5.92 Å². The number of fused-ring (bicyclic) bond motifs is 1. The highest BCUT2D eigenvalue weighted by molar-refractivity contribution is 5.35. The average molecular weight is 231 g/mol. The van der Waals surface area contributed by atoms with Gasteiger partial charge in [0.15, 0.2) is 5.65 Å². The lowest BCUT2D eigenvalue weighted by Crippen LogP contribution is -2.28. The lowest BCUT2D eigenvalue weighted by Gasteiger charge is -2.21. The number of nitrogens with one attached hydrogen (secondary N) is 1. The number of nitrogens with zero attached hydrogens (tertiary/aromatic N) is 4. The first-order valence-corrected chi connectivity index (χ1v) is 6.28. The highest BCUT2D eigenvalue weighted by Crippen LogP contribution is 2.18. The van der Waals surface area contributed by atoms with Gasteiger partial charge in [0.05, 0.1) is 0 Å². The van der Waals surface area contributed by atoms with Crippen LogP contribution in [0.5, 0.6) is 0 Å². The molecule has 5 heteroatoms. The van der Waals surface area contributed by atoms with Crippen LogP contribution in [0.3, 0.4) is 0 Å². The Morgan fingerprint density at radius 1 is 1.29 bits per heavy atom. The first-order valence-electron chi connectivity index (χ1n) is 6.28. The molecule has 0 atom stereocenters. The van der Waals surface area contributed by atoms with Crippen LogP contribution in [0.1, 0.15) is 25.1 Å². The molecule has 0 radical (unpaired) electrons. The van der Waals surface area contributed by atoms with E-state index >= 15 is 0 Å². The van der Waals surface area contributed by atoms with Crippen LogP contribution < -0.4 is 5.32 Å². The monoisotopic (exact) mass is 231 g/mol. The molecular weight excluding hydrogens is 214 g/mol. The maximum Gasteiger partial charge on any atom is 0.163 e. The molecule has 0 spiro atoms. The van der Waals surface area contributed by atoms with Gasteiger partial charge in [-0.15, -0.1) is 10.2 Å². The number of piperidine rings is 1. The van der Waals surface area contributed by atoms with Crippen molar-refractivity contribution < 1.29 is 0 Å². The molecule has 5 nitrogen and oxygen atoms in total. The minimum atomic E-state index is 0.834. The van der Waals surface area contributed by atoms with Gasteiger partial charge in [-0.25, -0.2) is 4.98 Å². The Kier molecular flexibility index (Phi) is 3.00. The number of aryl methyl sites for hydroxylation is 1. The van der Waals surface area contributed by atoms with Crippen LogP contribution in [0.4, 0.5) is 0 Å². The van der Waals surface area contributed by atoms with Gasteiger partial charge < -0.3 is 5.32 Å². The molecule has 3 heterocycles. The first kappa shape index (κ1) is 10.7. The molecule has 3 rings (SSSR count). The molecule has 0 amide bonds. The van der Waals surface area contributed by atoms with Gasteiger partial charge in [-0.2, -0.15) is 0 Å². The molecule has 90 valence electrons. The molecule has 1 saturated heterocycles. The van der Waals surface area contributed by atoms with Crippen molar-refractivity contribution >= 4 is 5.65 Å². The fourth-order valence-corrected chi connectivity index (χ4v) is 2.47. The van der Waals surface area contributed by atoms with Gasteiger partial charge in [0.25, 0.3) is 0 Å². The number of aromatic nitrogens is 4. The van der Waals surface area contributed by atoms with Crippen LogP contribution in [0.15, 0.2) is 18.6 Å². The van der Waals surface area contributed by atoms with Crippen molar-refractivity contribution in [2.75, 3.05) is 13.1 Å². The zero-order valence-corrected chi connectivity index (χ0v) is 9.84. The number of hydrogen-bond acceptors (Lipinski definition) is 4. The molecule has 0 unspecified atom stereocenters. The molecule has 2 aromatic rings. The highest BCUT2D eigenvalue weighted by atomic mass is 15.3. The summed E-state index contributed by atoms with van der Waals surface area (Å²) in [7, 11) is 0. The molecular formula is C12H17N5. The lowest BCUT2D eigenvalue weighted by molar-refractivity contribution is 0.352. The maximum atomic E-state index is 4.24. The largest absolute Gasteiger partial charge is 0.317 e. The normalized spacial score (nSPS) is 17.6. The fraction of sp³-hybridized carbons (Fsp3) is 0.583. The standard InChI is InChI=1S/C12H17N5/c1(10-3-6-13-7-4-10)2-11-15-16-12-5-8-14-9-17(11)12/h5,8-10,13H,1-4,6-7H2. The van der Waals surface area contributed by atoms with Crippen LogP contribution >= 0.6 is 0 Å². The predicted molar refractivity (Wildman–Crippen MR) is 64.7 cm³/mol. The zero-order chi connectivity index (χ0) is 11.5. The minimum absolute atomic E-state index is 0.834. The SMILES string of the molecule is c1cc2nnc(CCC3CCNCC3)n2cn1. The van der Waals surface area contributed by atoms with E-state index in [2.05, 4.69) is 20.5 Å². The molecule has 0 aliphatic carbocycles. The van der Waals surface area contributed by atoms with E-state index < -0.39 is 0 Å². The van der Waals surface area contributed by atoms with E-state index in [1.165, 1.54) is 19.3 Å². The van der Waals surface area contributed by atoms with Gasteiger partial charge >= 0.3 is 0 Å². The Balaban J connectivity index is 1.68. The van der Waals surface area contributed by atoms with Crippen LogP contribution in [0, 0.1) is 5.92 Å². The van der Waals surface area contributed by atoms with Crippen LogP contribution in [-0.4, -0.2) is 32.7 Å². The van der Waals surface area contributed by atoms with Gasteiger partial charge in [0.2, 0.25) is 0 Å². The van der Waals surface area contributed by atoms with E-state index in [-0.39, 0.29) is 0 Å². The van der Waals surface area contributed by atoms with E-state index in [9.17, 15) is 0 Å². The zero-order valence-electron chi connectivity index (χ0n) is 9.84. The highest BCUT2D eigenvalue weighted by Gasteiger charge is 2.14. The Hall–Kier alpha value is -1.49. The summed E-state index contributed by atoms with van der Waals surface area (Å²) in [6.07, 6.45) is 8.33. The summed E-state index contributed by atoms with van der Waals surface area (Å²) in [5.74, 6) is 1.87. The average Bonchev–Trinajstić information content (AvgIpc) is 2.81. The van der Waals surface area contributed by atoms with Crippen molar-refractivity contribution in [3.05, 3.63) is 24.4 Å². The van der Waals surface area contributed by atoms with Gasteiger partial charge in [0, 0.05) is 18.7 Å². The molecule has 0 aromatic carbocycles. The Morgan fingerprint density at radius 2 is 2.18 bits per heavy atom. The van der Waals surface area contributed by atoms with Gasteiger partial charge in [-0.05, 0) is 38.3 Å². The second-order valence-electron chi connectivity index (χ2n) is 4.66. The van der Waals surface area contributed by atoms with E-state index in [0.29, 0.717) is 0 Å². The summed E-state index contributed by atoms with van der Waals surface area (Å²) >= 11 is 0. The predicted octanol–water partition coefficient (Wildman–Crippen LogP) is 1.06. The third-order valence-corrected chi connectivity index (χ3v) is 3.52. The van der Waals surface area contributed by atoms with E-state index in [1.54, 1.807) is 12.5 Å². The van der Waals surface area contributed by atoms with Gasteiger partial charge in [-0.1, -0.05) is 0 Å². The van der Waals surface area contributed by atoms with Crippen molar-refractivity contribution in [2.45, 2.75) is 25.7 Å². The summed E-state index contributed by atoms with van der Waals surface area (Å²) in [6, 6.07) is 1.89. The van der Waals surface area contributed by atoms with E-state index in [1.807, 2.05) is 10.5 Å². The fourth-order valence-electron chi connectivity index (χ4n) is 2.47. The molecule has 0 saturated carbocycles. The summed E-state index contributed by atoms with van der Waals surface area (Å²) < 4.78 is 1.99. The van der Waals surface area contributed by atoms with E-state index in [4.69, 9.17) is 0 Å². The molecule has 1 aliphatic rings.